The van der Waals surface area contributed by atoms with Crippen molar-refractivity contribution >= 4 is 28.8 Å². The highest BCUT2D eigenvalue weighted by Crippen LogP contribution is 2.35. The van der Waals surface area contributed by atoms with Gasteiger partial charge in [0.25, 0.3) is 0 Å². The van der Waals surface area contributed by atoms with E-state index in [-0.39, 0.29) is 29.1 Å². The molecule has 0 atom stereocenters. The molecule has 0 bridgehead atoms. The fraction of sp³-hybridized carbons (Fsp3) is 0.211. The first-order valence-electron chi connectivity index (χ1n) is 7.93. The molecule has 0 saturated heterocycles. The summed E-state index contributed by atoms with van der Waals surface area (Å²) in [7, 11) is 0. The molecule has 8 heteroatoms. The average molecular weight is 402 g/mol. The van der Waals surface area contributed by atoms with Crippen molar-refractivity contribution in [2.45, 2.75) is 19.1 Å². The molecule has 0 aliphatic carbocycles. The van der Waals surface area contributed by atoms with Crippen LogP contribution >= 0.6 is 11.6 Å². The molecule has 0 amide bonds. The number of carbonyl (C=O) groups excluding carboxylic acids is 1. The maximum absolute atomic E-state index is 13.9. The summed E-state index contributed by atoms with van der Waals surface area (Å²) < 4.78 is 68.3. The van der Waals surface area contributed by atoms with Crippen molar-refractivity contribution in [2.24, 2.45) is 0 Å². The molecule has 0 unspecified atom stereocenters. The molecule has 27 heavy (non-hydrogen) atoms. The molecule has 1 aromatic heterocycles. The van der Waals surface area contributed by atoms with E-state index in [2.05, 4.69) is 0 Å². The minimum Gasteiger partial charge on any atom is -0.342 e. The molecule has 3 aromatic rings. The van der Waals surface area contributed by atoms with Crippen molar-refractivity contribution in [1.29, 1.82) is 0 Å². The van der Waals surface area contributed by atoms with Crippen LogP contribution in [0.25, 0.3) is 10.9 Å². The standard InChI is InChI=1S/C19H13ClF5NO/c20-14-2-1-11(16(8-14)19(23,24)25)6-15-7-12-5-13(10-27)17(22)9-18(12)26(15)4-3-21/h1-2,5,7-10H,3-4,6H2. The molecule has 0 saturated carbocycles. The summed E-state index contributed by atoms with van der Waals surface area (Å²) in [5, 5.41) is 0.401. The Morgan fingerprint density at radius 2 is 1.85 bits per heavy atom. The molecule has 0 radical (unpaired) electrons. The van der Waals surface area contributed by atoms with E-state index in [4.69, 9.17) is 11.6 Å². The second-order valence-electron chi connectivity index (χ2n) is 6.00. The molecular weight excluding hydrogens is 389 g/mol. The number of aromatic nitrogens is 1. The minimum atomic E-state index is -4.60. The SMILES string of the molecule is O=Cc1cc2cc(Cc3ccc(Cl)cc3C(F)(F)F)n(CCF)c2cc1F. The smallest absolute Gasteiger partial charge is 0.342 e. The Labute approximate surface area is 156 Å². The maximum Gasteiger partial charge on any atom is 0.416 e. The predicted molar refractivity (Wildman–Crippen MR) is 92.5 cm³/mol. The summed E-state index contributed by atoms with van der Waals surface area (Å²) in [4.78, 5) is 10.9. The Morgan fingerprint density at radius 1 is 1.11 bits per heavy atom. The van der Waals surface area contributed by atoms with Crippen LogP contribution in [0.5, 0.6) is 0 Å². The quantitative estimate of drug-likeness (QED) is 0.389. The summed E-state index contributed by atoms with van der Waals surface area (Å²) in [5.41, 5.74) is -0.405. The van der Waals surface area contributed by atoms with Crippen molar-refractivity contribution < 1.29 is 26.7 Å². The zero-order valence-electron chi connectivity index (χ0n) is 13.8. The summed E-state index contributed by atoms with van der Waals surface area (Å²) in [6, 6.07) is 7.36. The highest BCUT2D eigenvalue weighted by molar-refractivity contribution is 6.30. The lowest BCUT2D eigenvalue weighted by Gasteiger charge is -2.15. The van der Waals surface area contributed by atoms with E-state index in [1.165, 1.54) is 28.8 Å². The van der Waals surface area contributed by atoms with Gasteiger partial charge in [-0.05, 0) is 35.9 Å². The Hall–Kier alpha value is -2.41. The van der Waals surface area contributed by atoms with Crippen LogP contribution in [0.4, 0.5) is 22.0 Å². The molecule has 142 valence electrons. The number of rotatable bonds is 5. The molecule has 0 fully saturated rings. The van der Waals surface area contributed by atoms with Crippen molar-refractivity contribution in [2.75, 3.05) is 6.67 Å². The number of halogens is 6. The van der Waals surface area contributed by atoms with Crippen LogP contribution < -0.4 is 0 Å². The number of nitrogens with zero attached hydrogens (tertiary/aromatic N) is 1. The molecule has 0 N–H and O–H groups in total. The second-order valence-corrected chi connectivity index (χ2v) is 6.44. The second kappa shape index (κ2) is 7.31. The van der Waals surface area contributed by atoms with Gasteiger partial charge in [-0.15, -0.1) is 0 Å². The monoisotopic (exact) mass is 401 g/mol. The van der Waals surface area contributed by atoms with Gasteiger partial charge in [0.15, 0.2) is 6.29 Å². The van der Waals surface area contributed by atoms with Crippen molar-refractivity contribution in [3.63, 3.8) is 0 Å². The van der Waals surface area contributed by atoms with Gasteiger partial charge >= 0.3 is 6.18 Å². The van der Waals surface area contributed by atoms with Gasteiger partial charge in [0.1, 0.15) is 12.5 Å². The van der Waals surface area contributed by atoms with E-state index >= 15 is 0 Å². The zero-order chi connectivity index (χ0) is 19.8. The first-order chi connectivity index (χ1) is 12.7. The molecule has 0 spiro atoms. The lowest BCUT2D eigenvalue weighted by molar-refractivity contribution is -0.138. The fourth-order valence-electron chi connectivity index (χ4n) is 3.11. The zero-order valence-corrected chi connectivity index (χ0v) is 14.5. The third-order valence-corrected chi connectivity index (χ3v) is 4.52. The Morgan fingerprint density at radius 3 is 2.48 bits per heavy atom. The molecule has 2 aromatic carbocycles. The van der Waals surface area contributed by atoms with Gasteiger partial charge in [0.05, 0.1) is 23.2 Å². The van der Waals surface area contributed by atoms with E-state index < -0.39 is 24.2 Å². The summed E-state index contributed by atoms with van der Waals surface area (Å²) in [6.45, 7) is -0.922. The lowest BCUT2D eigenvalue weighted by Crippen LogP contribution is -2.11. The van der Waals surface area contributed by atoms with E-state index in [0.717, 1.165) is 12.1 Å². The first kappa shape index (κ1) is 19.4. The fourth-order valence-corrected chi connectivity index (χ4v) is 3.28. The van der Waals surface area contributed by atoms with Crippen molar-refractivity contribution in [1.82, 2.24) is 4.57 Å². The number of alkyl halides is 4. The molecule has 0 aliphatic rings. The summed E-state index contributed by atoms with van der Waals surface area (Å²) >= 11 is 5.69. The van der Waals surface area contributed by atoms with Crippen LogP contribution in [-0.4, -0.2) is 17.5 Å². The Bertz CT molecular complexity index is 1010. The van der Waals surface area contributed by atoms with Crippen LogP contribution in [-0.2, 0) is 19.1 Å². The topological polar surface area (TPSA) is 22.0 Å². The first-order valence-corrected chi connectivity index (χ1v) is 8.31. The minimum absolute atomic E-state index is 0.0362. The number of hydrogen-bond donors (Lipinski definition) is 0. The molecule has 0 aliphatic heterocycles. The maximum atomic E-state index is 13.9. The molecule has 1 heterocycles. The lowest BCUT2D eigenvalue weighted by atomic mass is 10.0. The van der Waals surface area contributed by atoms with Crippen LogP contribution in [0, 0.1) is 5.82 Å². The van der Waals surface area contributed by atoms with Crippen molar-refractivity contribution in [3.8, 4) is 0 Å². The number of hydrogen-bond acceptors (Lipinski definition) is 1. The third-order valence-electron chi connectivity index (χ3n) is 4.29. The van der Waals surface area contributed by atoms with E-state index in [9.17, 15) is 26.7 Å². The number of benzene rings is 2. The molecule has 3 rings (SSSR count). The highest BCUT2D eigenvalue weighted by atomic mass is 35.5. The predicted octanol–water partition coefficient (Wildman–Crippen LogP) is 5.83. The van der Waals surface area contributed by atoms with Gasteiger partial charge in [0.2, 0.25) is 0 Å². The number of aldehydes is 1. The van der Waals surface area contributed by atoms with Gasteiger partial charge in [-0.3, -0.25) is 4.79 Å². The van der Waals surface area contributed by atoms with Crippen LogP contribution in [0.1, 0.15) is 27.2 Å². The van der Waals surface area contributed by atoms with E-state index in [1.807, 2.05) is 0 Å². The number of carbonyl (C=O) groups is 1. The molecule has 2 nitrogen and oxygen atoms in total. The third kappa shape index (κ3) is 3.83. The summed E-state index contributed by atoms with van der Waals surface area (Å²) in [5.74, 6) is -0.773. The van der Waals surface area contributed by atoms with Gasteiger partial charge in [-0.25, -0.2) is 8.78 Å². The summed E-state index contributed by atoms with van der Waals surface area (Å²) in [6.07, 6.45) is -4.41. The van der Waals surface area contributed by atoms with Crippen LogP contribution in [0.2, 0.25) is 5.02 Å². The normalized spacial score (nSPS) is 11.9. The van der Waals surface area contributed by atoms with Gasteiger partial charge in [0, 0.05) is 22.5 Å². The Balaban J connectivity index is 2.15. The number of fused-ring (bicyclic) bond motifs is 1. The van der Waals surface area contributed by atoms with Crippen LogP contribution in [0.3, 0.4) is 0 Å². The van der Waals surface area contributed by atoms with Crippen LogP contribution in [0.15, 0.2) is 36.4 Å². The van der Waals surface area contributed by atoms with E-state index in [1.54, 1.807) is 0 Å². The largest absolute Gasteiger partial charge is 0.416 e. The average Bonchev–Trinajstić information content (AvgIpc) is 2.92. The Kier molecular flexibility index (Phi) is 5.24. The van der Waals surface area contributed by atoms with Crippen molar-refractivity contribution in [3.05, 3.63) is 69.6 Å². The van der Waals surface area contributed by atoms with Gasteiger partial charge < -0.3 is 4.57 Å². The van der Waals surface area contributed by atoms with Gasteiger partial charge in [-0.2, -0.15) is 13.2 Å². The molecular formula is C19H13ClF5NO. The number of aryl methyl sites for hydroxylation is 1. The van der Waals surface area contributed by atoms with E-state index in [0.29, 0.717) is 22.9 Å². The highest BCUT2D eigenvalue weighted by Gasteiger charge is 2.33. The van der Waals surface area contributed by atoms with Gasteiger partial charge in [-0.1, -0.05) is 17.7 Å².